The lowest BCUT2D eigenvalue weighted by atomic mass is 9.68. The van der Waals surface area contributed by atoms with Crippen LogP contribution in [-0.2, 0) is 6.42 Å². The zero-order valence-electron chi connectivity index (χ0n) is 19.7. The van der Waals surface area contributed by atoms with Crippen LogP contribution in [0.15, 0.2) is 61.2 Å². The second kappa shape index (κ2) is 11.2. The predicted molar refractivity (Wildman–Crippen MR) is 137 cm³/mol. The summed E-state index contributed by atoms with van der Waals surface area (Å²) in [5.41, 5.74) is 3.04. The van der Waals surface area contributed by atoms with Crippen molar-refractivity contribution in [2.75, 3.05) is 0 Å². The van der Waals surface area contributed by atoms with Crippen LogP contribution in [0.1, 0.15) is 94.6 Å². The van der Waals surface area contributed by atoms with Crippen molar-refractivity contribution in [3.05, 3.63) is 72.3 Å². The summed E-state index contributed by atoms with van der Waals surface area (Å²) in [5.74, 6) is 3.76. The summed E-state index contributed by atoms with van der Waals surface area (Å²) < 4.78 is 0. The number of rotatable bonds is 8. The largest absolute Gasteiger partial charge is 0.103 e. The molecule has 31 heavy (non-hydrogen) atoms. The first-order chi connectivity index (χ1) is 15.3. The molecule has 0 aliphatic heterocycles. The van der Waals surface area contributed by atoms with E-state index in [-0.39, 0.29) is 0 Å². The molecule has 0 heteroatoms. The van der Waals surface area contributed by atoms with E-state index < -0.39 is 0 Å². The molecule has 0 saturated heterocycles. The van der Waals surface area contributed by atoms with Gasteiger partial charge in [0, 0.05) is 0 Å². The van der Waals surface area contributed by atoms with Crippen molar-refractivity contribution in [3.63, 3.8) is 0 Å². The lowest BCUT2D eigenvalue weighted by Crippen LogP contribution is -2.25. The zero-order valence-corrected chi connectivity index (χ0v) is 19.7. The third kappa shape index (κ3) is 5.91. The van der Waals surface area contributed by atoms with Gasteiger partial charge < -0.3 is 0 Å². The maximum absolute atomic E-state index is 3.90. The zero-order chi connectivity index (χ0) is 21.5. The van der Waals surface area contributed by atoms with Gasteiger partial charge in [-0.25, -0.2) is 0 Å². The van der Waals surface area contributed by atoms with Crippen molar-refractivity contribution in [1.82, 2.24) is 0 Å². The predicted octanol–water partition coefficient (Wildman–Crippen LogP) is 9.39. The molecule has 0 heterocycles. The molecule has 0 aromatic heterocycles. The molecule has 0 amide bonds. The maximum Gasteiger partial charge on any atom is -0.0162 e. The van der Waals surface area contributed by atoms with Crippen LogP contribution in [-0.4, -0.2) is 0 Å². The first-order valence-corrected chi connectivity index (χ1v) is 13.0. The minimum atomic E-state index is 0.777. The molecule has 2 aromatic carbocycles. The van der Waals surface area contributed by atoms with Crippen molar-refractivity contribution in [3.8, 4) is 0 Å². The molecule has 0 nitrogen and oxygen atoms in total. The van der Waals surface area contributed by atoms with Gasteiger partial charge in [-0.1, -0.05) is 67.5 Å². The SMILES string of the molecule is C=CCCC1CCC(C2CCC(c3ccc4cc(CC/C=C/C)ccc4c3)CC2)CC1. The van der Waals surface area contributed by atoms with Crippen LogP contribution in [0.25, 0.3) is 10.8 Å². The van der Waals surface area contributed by atoms with Gasteiger partial charge in [0.25, 0.3) is 0 Å². The Morgan fingerprint density at radius 2 is 1.48 bits per heavy atom. The summed E-state index contributed by atoms with van der Waals surface area (Å²) in [6.07, 6.45) is 23.0. The van der Waals surface area contributed by atoms with E-state index in [1.165, 1.54) is 80.5 Å². The third-order valence-electron chi connectivity index (χ3n) is 8.34. The minimum Gasteiger partial charge on any atom is -0.103 e. The van der Waals surface area contributed by atoms with Crippen LogP contribution in [0.3, 0.4) is 0 Å². The highest BCUT2D eigenvalue weighted by Gasteiger charge is 2.31. The van der Waals surface area contributed by atoms with E-state index in [9.17, 15) is 0 Å². The van der Waals surface area contributed by atoms with Gasteiger partial charge in [0.2, 0.25) is 0 Å². The van der Waals surface area contributed by atoms with Crippen molar-refractivity contribution < 1.29 is 0 Å². The van der Waals surface area contributed by atoms with Crippen LogP contribution in [0.2, 0.25) is 0 Å². The highest BCUT2D eigenvalue weighted by atomic mass is 14.4. The van der Waals surface area contributed by atoms with Crippen LogP contribution >= 0.6 is 0 Å². The number of allylic oxidation sites excluding steroid dienone is 3. The molecule has 0 unspecified atom stereocenters. The lowest BCUT2D eigenvalue weighted by Gasteiger charge is -2.38. The monoisotopic (exact) mass is 414 g/mol. The summed E-state index contributed by atoms with van der Waals surface area (Å²) in [5, 5.41) is 2.83. The molecule has 2 saturated carbocycles. The fourth-order valence-electron chi connectivity index (χ4n) is 6.37. The topological polar surface area (TPSA) is 0 Å². The van der Waals surface area contributed by atoms with E-state index in [0.717, 1.165) is 36.5 Å². The fourth-order valence-corrected chi connectivity index (χ4v) is 6.37. The Labute approximate surface area is 190 Å². The van der Waals surface area contributed by atoms with Gasteiger partial charge in [0.05, 0.1) is 0 Å². The molecule has 0 radical (unpaired) electrons. The van der Waals surface area contributed by atoms with Crippen LogP contribution < -0.4 is 0 Å². The molecule has 0 N–H and O–H groups in total. The summed E-state index contributed by atoms with van der Waals surface area (Å²) in [6.45, 7) is 6.00. The molecule has 166 valence electrons. The smallest absolute Gasteiger partial charge is 0.0162 e. The number of hydrogen-bond donors (Lipinski definition) is 0. The van der Waals surface area contributed by atoms with Crippen molar-refractivity contribution in [2.45, 2.75) is 89.9 Å². The molecule has 2 aliphatic carbocycles. The van der Waals surface area contributed by atoms with Gasteiger partial charge in [-0.2, -0.15) is 0 Å². The highest BCUT2D eigenvalue weighted by molar-refractivity contribution is 5.84. The number of hydrogen-bond acceptors (Lipinski definition) is 0. The van der Waals surface area contributed by atoms with Gasteiger partial charge in [0.15, 0.2) is 0 Å². The molecule has 2 fully saturated rings. The number of benzene rings is 2. The normalized spacial score (nSPS) is 27.0. The lowest BCUT2D eigenvalue weighted by molar-refractivity contribution is 0.157. The summed E-state index contributed by atoms with van der Waals surface area (Å²) >= 11 is 0. The van der Waals surface area contributed by atoms with E-state index >= 15 is 0 Å². The van der Waals surface area contributed by atoms with E-state index in [0.29, 0.717) is 0 Å². The van der Waals surface area contributed by atoms with Crippen molar-refractivity contribution in [2.24, 2.45) is 17.8 Å². The Morgan fingerprint density at radius 1 is 0.806 bits per heavy atom. The highest BCUT2D eigenvalue weighted by Crippen LogP contribution is 2.44. The van der Waals surface area contributed by atoms with Crippen LogP contribution in [0.4, 0.5) is 0 Å². The third-order valence-corrected chi connectivity index (χ3v) is 8.34. The van der Waals surface area contributed by atoms with Crippen LogP contribution in [0.5, 0.6) is 0 Å². The van der Waals surface area contributed by atoms with Gasteiger partial charge >= 0.3 is 0 Å². The Balaban J connectivity index is 1.30. The average Bonchev–Trinajstić information content (AvgIpc) is 2.83. The number of aryl methyl sites for hydroxylation is 1. The molecule has 4 rings (SSSR count). The second-order valence-electron chi connectivity index (χ2n) is 10.3. The van der Waals surface area contributed by atoms with E-state index in [4.69, 9.17) is 0 Å². The Bertz CT molecular complexity index is 857. The van der Waals surface area contributed by atoms with E-state index in [1.807, 2.05) is 0 Å². The summed E-state index contributed by atoms with van der Waals surface area (Å²) in [4.78, 5) is 0. The van der Waals surface area contributed by atoms with E-state index in [1.54, 1.807) is 5.56 Å². The molecule has 0 bridgehead atoms. The Hall–Kier alpha value is -1.82. The summed E-state index contributed by atoms with van der Waals surface area (Å²) in [6, 6.07) is 14.4. The summed E-state index contributed by atoms with van der Waals surface area (Å²) in [7, 11) is 0. The van der Waals surface area contributed by atoms with Crippen molar-refractivity contribution in [1.29, 1.82) is 0 Å². The molecule has 2 aliphatic rings. The molecule has 2 aromatic rings. The van der Waals surface area contributed by atoms with Gasteiger partial charge in [-0.05, 0) is 117 Å². The quantitative estimate of drug-likeness (QED) is 0.377. The van der Waals surface area contributed by atoms with E-state index in [2.05, 4.69) is 68.1 Å². The maximum atomic E-state index is 3.90. The van der Waals surface area contributed by atoms with Gasteiger partial charge in [-0.3, -0.25) is 0 Å². The van der Waals surface area contributed by atoms with Crippen LogP contribution in [0, 0.1) is 17.8 Å². The standard InChI is InChI=1S/C31H42/c1-3-5-7-9-25-12-15-31-23-30(21-20-29(31)22-25)28-18-16-27(17-19-28)26-13-10-24(11-14-26)8-6-4-2/h3-5,12,15,20-24,26-28H,2,6-11,13-14,16-19H2,1H3/b5-3+. The first kappa shape index (κ1) is 22.4. The van der Waals surface area contributed by atoms with Gasteiger partial charge in [-0.15, -0.1) is 6.58 Å². The first-order valence-electron chi connectivity index (χ1n) is 13.0. The van der Waals surface area contributed by atoms with Gasteiger partial charge in [0.1, 0.15) is 0 Å². The number of fused-ring (bicyclic) bond motifs is 1. The van der Waals surface area contributed by atoms with Crippen molar-refractivity contribution >= 4 is 10.8 Å². The molecule has 0 atom stereocenters. The minimum absolute atomic E-state index is 0.777. The average molecular weight is 415 g/mol. The Morgan fingerprint density at radius 3 is 2.19 bits per heavy atom. The Kier molecular flexibility index (Phi) is 8.06. The second-order valence-corrected chi connectivity index (χ2v) is 10.3. The molecular formula is C31H42. The molecule has 0 spiro atoms. The fraction of sp³-hybridized carbons (Fsp3) is 0.548. The molecular weight excluding hydrogens is 372 g/mol.